The van der Waals surface area contributed by atoms with Gasteiger partial charge in [0, 0.05) is 18.7 Å². The van der Waals surface area contributed by atoms with Crippen molar-refractivity contribution >= 4 is 21.8 Å². The van der Waals surface area contributed by atoms with Gasteiger partial charge < -0.3 is 14.8 Å². The average molecular weight is 342 g/mol. The first-order valence-corrected chi connectivity index (χ1v) is 7.71. The lowest BCUT2D eigenvalue weighted by molar-refractivity contribution is 0.0857. The fourth-order valence-electron chi connectivity index (χ4n) is 2.11. The van der Waals surface area contributed by atoms with Gasteiger partial charge in [0.15, 0.2) is 0 Å². The van der Waals surface area contributed by atoms with Crippen LogP contribution in [0.1, 0.15) is 37.0 Å². The van der Waals surface area contributed by atoms with Crippen LogP contribution in [-0.4, -0.2) is 31.3 Å². The summed E-state index contributed by atoms with van der Waals surface area (Å²) >= 11 is 3.43. The van der Waals surface area contributed by atoms with Crippen molar-refractivity contribution in [2.24, 2.45) is 0 Å². The summed E-state index contributed by atoms with van der Waals surface area (Å²) in [5.74, 6) is 0.660. The number of halogens is 1. The molecule has 1 aliphatic rings. The highest BCUT2D eigenvalue weighted by molar-refractivity contribution is 9.10. The van der Waals surface area contributed by atoms with Crippen molar-refractivity contribution < 1.29 is 14.3 Å². The van der Waals surface area contributed by atoms with Crippen molar-refractivity contribution in [2.75, 3.05) is 13.2 Å². The lowest BCUT2D eigenvalue weighted by Gasteiger charge is -2.13. The molecule has 0 saturated carbocycles. The standard InChI is InChI=1S/C15H20BrNO3/c1-10(2)20-14-6-5-11(8-13(14)16)15(18)17-9-12-4-3-7-19-12/h5-6,8,10,12H,3-4,7,9H2,1-2H3,(H,17,18). The maximum Gasteiger partial charge on any atom is 0.251 e. The Bertz CT molecular complexity index is 470. The van der Waals surface area contributed by atoms with Gasteiger partial charge in [0.05, 0.1) is 16.7 Å². The molecule has 1 aliphatic heterocycles. The van der Waals surface area contributed by atoms with E-state index in [9.17, 15) is 4.79 Å². The SMILES string of the molecule is CC(C)Oc1ccc(C(=O)NCC2CCCO2)cc1Br. The Hall–Kier alpha value is -1.07. The van der Waals surface area contributed by atoms with E-state index in [0.717, 1.165) is 29.7 Å². The Morgan fingerprint density at radius 3 is 2.95 bits per heavy atom. The van der Waals surface area contributed by atoms with E-state index in [4.69, 9.17) is 9.47 Å². The van der Waals surface area contributed by atoms with Gasteiger partial charge in [-0.15, -0.1) is 0 Å². The van der Waals surface area contributed by atoms with Gasteiger partial charge in [-0.1, -0.05) is 0 Å². The summed E-state index contributed by atoms with van der Waals surface area (Å²) in [4.78, 5) is 12.1. The van der Waals surface area contributed by atoms with Crippen molar-refractivity contribution in [2.45, 2.75) is 38.9 Å². The topological polar surface area (TPSA) is 47.6 Å². The first-order chi connectivity index (χ1) is 9.56. The molecule has 110 valence electrons. The third-order valence-corrected chi connectivity index (χ3v) is 3.69. The molecule has 0 spiro atoms. The molecule has 1 aromatic rings. The summed E-state index contributed by atoms with van der Waals surface area (Å²) in [6.07, 6.45) is 2.36. The van der Waals surface area contributed by atoms with Gasteiger partial charge in [0.1, 0.15) is 5.75 Å². The Morgan fingerprint density at radius 1 is 1.55 bits per heavy atom. The van der Waals surface area contributed by atoms with Crippen LogP contribution in [0.5, 0.6) is 5.75 Å². The van der Waals surface area contributed by atoms with Crippen LogP contribution >= 0.6 is 15.9 Å². The Labute approximate surface area is 128 Å². The highest BCUT2D eigenvalue weighted by Gasteiger charge is 2.17. The summed E-state index contributed by atoms with van der Waals surface area (Å²) in [5.41, 5.74) is 0.617. The van der Waals surface area contributed by atoms with Crippen molar-refractivity contribution in [1.82, 2.24) is 5.32 Å². The van der Waals surface area contributed by atoms with E-state index >= 15 is 0 Å². The number of ether oxygens (including phenoxy) is 2. The molecule has 1 unspecified atom stereocenters. The molecule has 1 N–H and O–H groups in total. The minimum atomic E-state index is -0.0858. The lowest BCUT2D eigenvalue weighted by atomic mass is 10.2. The third kappa shape index (κ3) is 4.21. The van der Waals surface area contributed by atoms with Gasteiger partial charge in [0.25, 0.3) is 5.91 Å². The molecule has 0 bridgehead atoms. The molecule has 0 radical (unpaired) electrons. The number of nitrogens with one attached hydrogen (secondary N) is 1. The molecule has 1 saturated heterocycles. The second-order valence-corrected chi connectivity index (χ2v) is 6.01. The van der Waals surface area contributed by atoms with Crippen LogP contribution in [0.15, 0.2) is 22.7 Å². The molecular weight excluding hydrogens is 322 g/mol. The quantitative estimate of drug-likeness (QED) is 0.894. The molecule has 1 fully saturated rings. The molecule has 1 aromatic carbocycles. The molecule has 20 heavy (non-hydrogen) atoms. The Morgan fingerprint density at radius 2 is 2.35 bits per heavy atom. The smallest absolute Gasteiger partial charge is 0.251 e. The monoisotopic (exact) mass is 341 g/mol. The summed E-state index contributed by atoms with van der Waals surface area (Å²) in [5, 5.41) is 2.90. The molecule has 4 nitrogen and oxygen atoms in total. The molecule has 0 aliphatic carbocycles. The molecule has 5 heteroatoms. The van der Waals surface area contributed by atoms with E-state index in [2.05, 4.69) is 21.2 Å². The van der Waals surface area contributed by atoms with E-state index in [1.54, 1.807) is 12.1 Å². The van der Waals surface area contributed by atoms with E-state index in [-0.39, 0.29) is 18.1 Å². The second kappa shape index (κ2) is 7.09. The van der Waals surface area contributed by atoms with Crippen LogP contribution in [0.4, 0.5) is 0 Å². The van der Waals surface area contributed by atoms with E-state index < -0.39 is 0 Å². The third-order valence-electron chi connectivity index (χ3n) is 3.07. The van der Waals surface area contributed by atoms with E-state index in [1.165, 1.54) is 0 Å². The Balaban J connectivity index is 1.94. The highest BCUT2D eigenvalue weighted by atomic mass is 79.9. The zero-order valence-corrected chi connectivity index (χ0v) is 13.4. The van der Waals surface area contributed by atoms with Crippen molar-refractivity contribution in [1.29, 1.82) is 0 Å². The number of carbonyl (C=O) groups is 1. The van der Waals surface area contributed by atoms with Gasteiger partial charge in [-0.3, -0.25) is 4.79 Å². The van der Waals surface area contributed by atoms with Crippen LogP contribution in [0.3, 0.4) is 0 Å². The molecule has 1 atom stereocenters. The second-order valence-electron chi connectivity index (χ2n) is 5.16. The normalized spacial score (nSPS) is 18.3. The molecule has 1 heterocycles. The lowest BCUT2D eigenvalue weighted by Crippen LogP contribution is -2.31. The van der Waals surface area contributed by atoms with Crippen molar-refractivity contribution in [3.05, 3.63) is 28.2 Å². The Kier molecular flexibility index (Phi) is 5.43. The van der Waals surface area contributed by atoms with Crippen LogP contribution in [0.2, 0.25) is 0 Å². The van der Waals surface area contributed by atoms with E-state index in [1.807, 2.05) is 19.9 Å². The molecule has 2 rings (SSSR count). The number of hydrogen-bond acceptors (Lipinski definition) is 3. The number of hydrogen-bond donors (Lipinski definition) is 1. The van der Waals surface area contributed by atoms with E-state index in [0.29, 0.717) is 12.1 Å². The number of amides is 1. The van der Waals surface area contributed by atoms with Gasteiger partial charge >= 0.3 is 0 Å². The number of rotatable bonds is 5. The minimum Gasteiger partial charge on any atom is -0.490 e. The molecule has 1 amide bonds. The van der Waals surface area contributed by atoms with Crippen LogP contribution in [0.25, 0.3) is 0 Å². The fourth-order valence-corrected chi connectivity index (χ4v) is 2.58. The maximum absolute atomic E-state index is 12.1. The highest BCUT2D eigenvalue weighted by Crippen LogP contribution is 2.27. The maximum atomic E-state index is 12.1. The van der Waals surface area contributed by atoms with Gasteiger partial charge in [-0.25, -0.2) is 0 Å². The summed E-state index contributed by atoms with van der Waals surface area (Å²) in [6.45, 7) is 5.30. The molecular formula is C15H20BrNO3. The van der Waals surface area contributed by atoms with Crippen LogP contribution in [-0.2, 0) is 4.74 Å². The number of benzene rings is 1. The number of carbonyl (C=O) groups excluding carboxylic acids is 1. The fraction of sp³-hybridized carbons (Fsp3) is 0.533. The zero-order valence-electron chi connectivity index (χ0n) is 11.8. The van der Waals surface area contributed by atoms with Gasteiger partial charge in [-0.2, -0.15) is 0 Å². The van der Waals surface area contributed by atoms with Crippen molar-refractivity contribution in [3.8, 4) is 5.75 Å². The predicted molar refractivity (Wildman–Crippen MR) is 81.2 cm³/mol. The average Bonchev–Trinajstić information content (AvgIpc) is 2.91. The molecule has 0 aromatic heterocycles. The van der Waals surface area contributed by atoms with Gasteiger partial charge in [0.2, 0.25) is 0 Å². The predicted octanol–water partition coefficient (Wildman–Crippen LogP) is 3.15. The van der Waals surface area contributed by atoms with Crippen molar-refractivity contribution in [3.63, 3.8) is 0 Å². The van der Waals surface area contributed by atoms with Gasteiger partial charge in [-0.05, 0) is 60.8 Å². The van der Waals surface area contributed by atoms with Crippen LogP contribution in [0, 0.1) is 0 Å². The summed E-state index contributed by atoms with van der Waals surface area (Å²) < 4.78 is 11.9. The first kappa shape index (κ1) is 15.3. The minimum absolute atomic E-state index is 0.0858. The summed E-state index contributed by atoms with van der Waals surface area (Å²) in [6, 6.07) is 5.36. The first-order valence-electron chi connectivity index (χ1n) is 6.92. The largest absolute Gasteiger partial charge is 0.490 e. The van der Waals surface area contributed by atoms with Crippen LogP contribution < -0.4 is 10.1 Å². The summed E-state index contributed by atoms with van der Waals surface area (Å²) in [7, 11) is 0. The zero-order chi connectivity index (χ0) is 14.5.